The first-order chi connectivity index (χ1) is 7.29. The van der Waals surface area contributed by atoms with E-state index < -0.39 is 5.60 Å². The SMILES string of the molecule is CC(C)[C@@H]1NCC[C@H]1NC(=O)OC(C)(C)C. The summed E-state index contributed by atoms with van der Waals surface area (Å²) in [6.07, 6.45) is 0.661. The average molecular weight is 228 g/mol. The van der Waals surface area contributed by atoms with E-state index in [1.807, 2.05) is 20.8 Å². The highest BCUT2D eigenvalue weighted by Gasteiger charge is 2.31. The molecule has 1 fully saturated rings. The van der Waals surface area contributed by atoms with Gasteiger partial charge in [0.25, 0.3) is 0 Å². The molecule has 4 nitrogen and oxygen atoms in total. The van der Waals surface area contributed by atoms with Gasteiger partial charge in [-0.3, -0.25) is 0 Å². The van der Waals surface area contributed by atoms with E-state index in [-0.39, 0.29) is 12.1 Å². The van der Waals surface area contributed by atoms with Crippen molar-refractivity contribution >= 4 is 6.09 Å². The molecule has 0 bridgehead atoms. The van der Waals surface area contributed by atoms with Crippen LogP contribution in [0, 0.1) is 5.92 Å². The first-order valence-electron chi connectivity index (χ1n) is 6.02. The molecule has 1 saturated heterocycles. The van der Waals surface area contributed by atoms with Gasteiger partial charge in [-0.25, -0.2) is 4.79 Å². The van der Waals surface area contributed by atoms with Gasteiger partial charge in [0, 0.05) is 12.1 Å². The van der Waals surface area contributed by atoms with Gasteiger partial charge in [0.2, 0.25) is 0 Å². The summed E-state index contributed by atoms with van der Waals surface area (Å²) in [5.74, 6) is 0.516. The molecule has 0 aromatic rings. The molecule has 1 rings (SSSR count). The summed E-state index contributed by atoms with van der Waals surface area (Å²) in [7, 11) is 0. The Kier molecular flexibility index (Phi) is 4.19. The minimum atomic E-state index is -0.427. The highest BCUT2D eigenvalue weighted by molar-refractivity contribution is 5.68. The molecule has 2 atom stereocenters. The first kappa shape index (κ1) is 13.3. The van der Waals surface area contributed by atoms with E-state index >= 15 is 0 Å². The van der Waals surface area contributed by atoms with Gasteiger partial charge in [-0.2, -0.15) is 0 Å². The van der Waals surface area contributed by atoms with E-state index in [4.69, 9.17) is 4.74 Å². The van der Waals surface area contributed by atoms with Crippen LogP contribution in [0.1, 0.15) is 41.0 Å². The summed E-state index contributed by atoms with van der Waals surface area (Å²) < 4.78 is 5.25. The Morgan fingerprint density at radius 1 is 1.44 bits per heavy atom. The van der Waals surface area contributed by atoms with Crippen LogP contribution in [-0.2, 0) is 4.74 Å². The molecule has 0 saturated carbocycles. The molecule has 0 radical (unpaired) electrons. The van der Waals surface area contributed by atoms with Crippen molar-refractivity contribution in [1.29, 1.82) is 0 Å². The maximum Gasteiger partial charge on any atom is 0.407 e. The fraction of sp³-hybridized carbons (Fsp3) is 0.917. The normalized spacial score (nSPS) is 25.9. The minimum absolute atomic E-state index is 0.190. The molecule has 1 aliphatic rings. The molecule has 0 aromatic carbocycles. The van der Waals surface area contributed by atoms with E-state index in [1.165, 1.54) is 0 Å². The summed E-state index contributed by atoms with van der Waals surface area (Å²) in [4.78, 5) is 11.6. The number of carbonyl (C=O) groups excluding carboxylic acids is 1. The summed E-state index contributed by atoms with van der Waals surface area (Å²) in [6, 6.07) is 0.544. The fourth-order valence-electron chi connectivity index (χ4n) is 2.05. The van der Waals surface area contributed by atoms with Crippen LogP contribution >= 0.6 is 0 Å². The zero-order valence-electron chi connectivity index (χ0n) is 11.0. The summed E-state index contributed by atoms with van der Waals surface area (Å²) in [5, 5.41) is 6.35. The van der Waals surface area contributed by atoms with Crippen molar-refractivity contribution in [2.24, 2.45) is 5.92 Å². The molecule has 0 aromatic heterocycles. The number of nitrogens with one attached hydrogen (secondary N) is 2. The van der Waals surface area contributed by atoms with Gasteiger partial charge in [-0.05, 0) is 39.7 Å². The van der Waals surface area contributed by atoms with Crippen LogP contribution in [0.3, 0.4) is 0 Å². The van der Waals surface area contributed by atoms with Crippen molar-refractivity contribution in [2.45, 2.75) is 58.7 Å². The van der Waals surface area contributed by atoms with Crippen molar-refractivity contribution in [1.82, 2.24) is 10.6 Å². The smallest absolute Gasteiger partial charge is 0.407 e. The maximum absolute atomic E-state index is 11.6. The number of carbonyl (C=O) groups is 1. The van der Waals surface area contributed by atoms with E-state index in [1.54, 1.807) is 0 Å². The molecule has 0 spiro atoms. The standard InChI is InChI=1S/C12H24N2O2/c1-8(2)10-9(6-7-13-10)14-11(15)16-12(3,4)5/h8-10,13H,6-7H2,1-5H3,(H,14,15)/t9-,10+/m1/s1. The molecule has 4 heteroatoms. The monoisotopic (exact) mass is 228 g/mol. The molecule has 1 aliphatic heterocycles. The largest absolute Gasteiger partial charge is 0.444 e. The third-order valence-corrected chi connectivity index (χ3v) is 2.69. The summed E-state index contributed by atoms with van der Waals surface area (Å²) in [5.41, 5.74) is -0.427. The lowest BCUT2D eigenvalue weighted by Crippen LogP contribution is -2.47. The number of alkyl carbamates (subject to hydrolysis) is 1. The van der Waals surface area contributed by atoms with Crippen LogP contribution in [0.5, 0.6) is 0 Å². The third-order valence-electron chi connectivity index (χ3n) is 2.69. The Labute approximate surface area is 98.1 Å². The quantitative estimate of drug-likeness (QED) is 0.759. The molecule has 0 aliphatic carbocycles. The van der Waals surface area contributed by atoms with Gasteiger partial charge in [0.1, 0.15) is 5.60 Å². The topological polar surface area (TPSA) is 50.4 Å². The molecule has 94 valence electrons. The van der Waals surface area contributed by atoms with Crippen molar-refractivity contribution in [3.05, 3.63) is 0 Å². The number of amides is 1. The molecular weight excluding hydrogens is 204 g/mol. The summed E-state index contributed by atoms with van der Waals surface area (Å²) >= 11 is 0. The van der Waals surface area contributed by atoms with Crippen molar-refractivity contribution in [3.8, 4) is 0 Å². The number of rotatable bonds is 2. The maximum atomic E-state index is 11.6. The van der Waals surface area contributed by atoms with Crippen LogP contribution < -0.4 is 10.6 Å². The molecule has 1 heterocycles. The van der Waals surface area contributed by atoms with Crippen LogP contribution in [0.15, 0.2) is 0 Å². The second-order valence-electron chi connectivity index (χ2n) is 5.77. The van der Waals surface area contributed by atoms with Gasteiger partial charge < -0.3 is 15.4 Å². The predicted molar refractivity (Wildman–Crippen MR) is 64.4 cm³/mol. The molecule has 0 unspecified atom stereocenters. The molecule has 1 amide bonds. The highest BCUT2D eigenvalue weighted by atomic mass is 16.6. The second-order valence-corrected chi connectivity index (χ2v) is 5.77. The van der Waals surface area contributed by atoms with E-state index in [0.29, 0.717) is 12.0 Å². The van der Waals surface area contributed by atoms with Crippen LogP contribution in [-0.4, -0.2) is 30.3 Å². The predicted octanol–water partition coefficient (Wildman–Crippen LogP) is 1.90. The Morgan fingerprint density at radius 2 is 2.06 bits per heavy atom. The minimum Gasteiger partial charge on any atom is -0.444 e. The van der Waals surface area contributed by atoms with Crippen LogP contribution in [0.2, 0.25) is 0 Å². The third kappa shape index (κ3) is 4.00. The highest BCUT2D eigenvalue weighted by Crippen LogP contribution is 2.16. The Bertz CT molecular complexity index is 246. The Balaban J connectivity index is 2.44. The Hall–Kier alpha value is -0.770. The van der Waals surface area contributed by atoms with E-state index in [2.05, 4.69) is 24.5 Å². The van der Waals surface area contributed by atoms with Gasteiger partial charge in [-0.1, -0.05) is 13.8 Å². The summed E-state index contributed by atoms with van der Waals surface area (Å²) in [6.45, 7) is 10.9. The lowest BCUT2D eigenvalue weighted by molar-refractivity contribution is 0.0496. The van der Waals surface area contributed by atoms with Crippen LogP contribution in [0.4, 0.5) is 4.79 Å². The van der Waals surface area contributed by atoms with Crippen molar-refractivity contribution in [3.63, 3.8) is 0 Å². The fourth-order valence-corrected chi connectivity index (χ4v) is 2.05. The molecule has 2 N–H and O–H groups in total. The van der Waals surface area contributed by atoms with E-state index in [0.717, 1.165) is 13.0 Å². The lowest BCUT2D eigenvalue weighted by Gasteiger charge is -2.26. The van der Waals surface area contributed by atoms with Crippen molar-refractivity contribution < 1.29 is 9.53 Å². The van der Waals surface area contributed by atoms with Gasteiger partial charge in [0.15, 0.2) is 0 Å². The van der Waals surface area contributed by atoms with Gasteiger partial charge >= 0.3 is 6.09 Å². The zero-order valence-corrected chi connectivity index (χ0v) is 11.0. The zero-order chi connectivity index (χ0) is 12.3. The Morgan fingerprint density at radius 3 is 2.56 bits per heavy atom. The van der Waals surface area contributed by atoms with Gasteiger partial charge in [-0.15, -0.1) is 0 Å². The number of hydrogen-bond acceptors (Lipinski definition) is 3. The first-order valence-corrected chi connectivity index (χ1v) is 6.02. The number of hydrogen-bond donors (Lipinski definition) is 2. The molecular formula is C12H24N2O2. The van der Waals surface area contributed by atoms with Crippen molar-refractivity contribution in [2.75, 3.05) is 6.54 Å². The lowest BCUT2D eigenvalue weighted by atomic mass is 9.98. The number of ether oxygens (including phenoxy) is 1. The molecule has 16 heavy (non-hydrogen) atoms. The van der Waals surface area contributed by atoms with E-state index in [9.17, 15) is 4.79 Å². The van der Waals surface area contributed by atoms with Gasteiger partial charge in [0.05, 0.1) is 0 Å². The van der Waals surface area contributed by atoms with Crippen LogP contribution in [0.25, 0.3) is 0 Å². The second kappa shape index (κ2) is 5.04. The average Bonchev–Trinajstić information content (AvgIpc) is 2.47.